The van der Waals surface area contributed by atoms with E-state index in [0.717, 1.165) is 64.7 Å². The molecule has 2 heterocycles. The molecule has 8 heteroatoms. The number of ether oxygens (including phenoxy) is 1. The molecule has 7 nitrogen and oxygen atoms in total. The molecule has 1 amide bonds. The molecule has 0 aromatic heterocycles. The van der Waals surface area contributed by atoms with E-state index >= 15 is 0 Å². The van der Waals surface area contributed by atoms with Crippen LogP contribution >= 0.6 is 24.0 Å². The van der Waals surface area contributed by atoms with Crippen LogP contribution in [0.2, 0.25) is 0 Å². The van der Waals surface area contributed by atoms with E-state index in [9.17, 15) is 4.79 Å². The Morgan fingerprint density at radius 1 is 1.19 bits per heavy atom. The first-order valence-corrected chi connectivity index (χ1v) is 10.0. The van der Waals surface area contributed by atoms with E-state index in [-0.39, 0.29) is 29.9 Å². The van der Waals surface area contributed by atoms with Crippen molar-refractivity contribution in [2.75, 3.05) is 60.0 Å². The molecule has 2 fully saturated rings. The van der Waals surface area contributed by atoms with Gasteiger partial charge in [0.2, 0.25) is 5.91 Å². The zero-order valence-electron chi connectivity index (χ0n) is 17.4. The molecular weight excluding hydrogens is 457 g/mol. The van der Waals surface area contributed by atoms with Gasteiger partial charge in [-0.25, -0.2) is 0 Å². The molecule has 0 aromatic rings. The Labute approximate surface area is 181 Å². The summed E-state index contributed by atoms with van der Waals surface area (Å²) in [6.07, 6.45) is 2.74. The van der Waals surface area contributed by atoms with E-state index in [2.05, 4.69) is 39.3 Å². The summed E-state index contributed by atoms with van der Waals surface area (Å²) < 4.78 is 5.49. The number of carbonyl (C=O) groups excluding carboxylic acids is 1. The van der Waals surface area contributed by atoms with Crippen LogP contribution in [0.3, 0.4) is 0 Å². The third-order valence-electron chi connectivity index (χ3n) is 5.63. The SMILES string of the molecule is CN=C(NCC(C(C)C)N1CCOCC1)N1CCC(CC(=O)NC)CC1.I. The minimum Gasteiger partial charge on any atom is -0.379 e. The molecule has 2 saturated heterocycles. The predicted molar refractivity (Wildman–Crippen MR) is 121 cm³/mol. The largest absolute Gasteiger partial charge is 0.379 e. The summed E-state index contributed by atoms with van der Waals surface area (Å²) >= 11 is 0. The number of guanidine groups is 1. The van der Waals surface area contributed by atoms with E-state index < -0.39 is 0 Å². The van der Waals surface area contributed by atoms with Crippen LogP contribution in [-0.4, -0.2) is 87.7 Å². The molecular formula is C19H38IN5O2. The quantitative estimate of drug-likeness (QED) is 0.331. The van der Waals surface area contributed by atoms with Crippen molar-refractivity contribution in [2.24, 2.45) is 16.8 Å². The summed E-state index contributed by atoms with van der Waals surface area (Å²) in [5, 5.41) is 6.33. The van der Waals surface area contributed by atoms with Gasteiger partial charge in [-0.1, -0.05) is 13.8 Å². The Morgan fingerprint density at radius 3 is 2.33 bits per heavy atom. The van der Waals surface area contributed by atoms with Gasteiger partial charge in [0.05, 0.1) is 13.2 Å². The molecule has 158 valence electrons. The average molecular weight is 495 g/mol. The predicted octanol–water partition coefficient (Wildman–Crippen LogP) is 1.38. The number of piperidine rings is 1. The summed E-state index contributed by atoms with van der Waals surface area (Å²) in [6, 6.07) is 0.487. The average Bonchev–Trinajstić information content (AvgIpc) is 2.66. The van der Waals surface area contributed by atoms with E-state index in [1.54, 1.807) is 7.05 Å². The number of rotatable bonds is 6. The number of nitrogens with one attached hydrogen (secondary N) is 2. The van der Waals surface area contributed by atoms with E-state index in [1.165, 1.54) is 0 Å². The number of morpholine rings is 1. The highest BCUT2D eigenvalue weighted by atomic mass is 127. The van der Waals surface area contributed by atoms with Crippen molar-refractivity contribution in [3.05, 3.63) is 0 Å². The summed E-state index contributed by atoms with van der Waals surface area (Å²) in [6.45, 7) is 11.1. The van der Waals surface area contributed by atoms with Crippen LogP contribution in [0, 0.1) is 11.8 Å². The summed E-state index contributed by atoms with van der Waals surface area (Å²) in [7, 11) is 3.57. The van der Waals surface area contributed by atoms with Gasteiger partial charge in [0, 0.05) is 59.3 Å². The molecule has 0 radical (unpaired) electrons. The van der Waals surface area contributed by atoms with Crippen LogP contribution in [-0.2, 0) is 9.53 Å². The first-order valence-electron chi connectivity index (χ1n) is 10.0. The van der Waals surface area contributed by atoms with Gasteiger partial charge < -0.3 is 20.3 Å². The maximum Gasteiger partial charge on any atom is 0.220 e. The second-order valence-corrected chi connectivity index (χ2v) is 7.70. The molecule has 1 atom stereocenters. The molecule has 2 aliphatic heterocycles. The smallest absolute Gasteiger partial charge is 0.220 e. The highest BCUT2D eigenvalue weighted by Crippen LogP contribution is 2.20. The molecule has 1 unspecified atom stereocenters. The van der Waals surface area contributed by atoms with Crippen molar-refractivity contribution in [3.8, 4) is 0 Å². The van der Waals surface area contributed by atoms with E-state index in [1.807, 2.05) is 7.05 Å². The van der Waals surface area contributed by atoms with Gasteiger partial charge in [0.25, 0.3) is 0 Å². The third kappa shape index (κ3) is 7.73. The Hall–Kier alpha value is -0.610. The maximum atomic E-state index is 11.6. The summed E-state index contributed by atoms with van der Waals surface area (Å²) in [4.78, 5) is 20.9. The van der Waals surface area contributed by atoms with Gasteiger partial charge in [-0.2, -0.15) is 0 Å². The van der Waals surface area contributed by atoms with Crippen LogP contribution in [0.15, 0.2) is 4.99 Å². The second kappa shape index (κ2) is 12.8. The molecule has 2 aliphatic rings. The Balaban J connectivity index is 0.00000364. The van der Waals surface area contributed by atoms with Crippen LogP contribution in [0.1, 0.15) is 33.1 Å². The number of aliphatic imine (C=N–C) groups is 1. The maximum absolute atomic E-state index is 11.6. The molecule has 0 saturated carbocycles. The van der Waals surface area contributed by atoms with Crippen molar-refractivity contribution in [2.45, 2.75) is 39.2 Å². The fourth-order valence-corrected chi connectivity index (χ4v) is 3.94. The number of hydrogen-bond donors (Lipinski definition) is 2. The van der Waals surface area contributed by atoms with Crippen LogP contribution < -0.4 is 10.6 Å². The Bertz CT molecular complexity index is 461. The lowest BCUT2D eigenvalue weighted by Gasteiger charge is -2.39. The van der Waals surface area contributed by atoms with Gasteiger partial charge in [-0.15, -0.1) is 24.0 Å². The van der Waals surface area contributed by atoms with E-state index in [4.69, 9.17) is 4.74 Å². The lowest BCUT2D eigenvalue weighted by Crippen LogP contribution is -2.54. The number of halogens is 1. The normalized spacial score (nSPS) is 20.9. The van der Waals surface area contributed by atoms with Crippen molar-refractivity contribution in [1.29, 1.82) is 0 Å². The van der Waals surface area contributed by atoms with Crippen molar-refractivity contribution >= 4 is 35.8 Å². The highest BCUT2D eigenvalue weighted by molar-refractivity contribution is 14.0. The van der Waals surface area contributed by atoms with Gasteiger partial charge in [-0.05, 0) is 24.7 Å². The van der Waals surface area contributed by atoms with Crippen LogP contribution in [0.5, 0.6) is 0 Å². The van der Waals surface area contributed by atoms with Crippen molar-refractivity contribution in [1.82, 2.24) is 20.4 Å². The fraction of sp³-hybridized carbons (Fsp3) is 0.895. The zero-order valence-corrected chi connectivity index (χ0v) is 19.7. The Kier molecular flexibility index (Phi) is 11.6. The first kappa shape index (κ1) is 24.4. The molecule has 0 spiro atoms. The number of amides is 1. The minimum atomic E-state index is 0. The summed E-state index contributed by atoms with van der Waals surface area (Å²) in [5.41, 5.74) is 0. The van der Waals surface area contributed by atoms with Crippen molar-refractivity contribution < 1.29 is 9.53 Å². The molecule has 0 aromatic carbocycles. The molecule has 27 heavy (non-hydrogen) atoms. The van der Waals surface area contributed by atoms with Gasteiger partial charge in [0.1, 0.15) is 0 Å². The van der Waals surface area contributed by atoms with Gasteiger partial charge >= 0.3 is 0 Å². The zero-order chi connectivity index (χ0) is 18.9. The monoisotopic (exact) mass is 495 g/mol. The van der Waals surface area contributed by atoms with Gasteiger partial charge in [0.15, 0.2) is 5.96 Å². The number of nitrogens with zero attached hydrogens (tertiary/aromatic N) is 3. The molecule has 2 N–H and O–H groups in total. The van der Waals surface area contributed by atoms with Crippen LogP contribution in [0.25, 0.3) is 0 Å². The van der Waals surface area contributed by atoms with Gasteiger partial charge in [-0.3, -0.25) is 14.7 Å². The number of likely N-dealkylation sites (tertiary alicyclic amines) is 1. The minimum absolute atomic E-state index is 0. The fourth-order valence-electron chi connectivity index (χ4n) is 3.94. The third-order valence-corrected chi connectivity index (χ3v) is 5.63. The number of carbonyl (C=O) groups is 1. The van der Waals surface area contributed by atoms with E-state index in [0.29, 0.717) is 24.3 Å². The second-order valence-electron chi connectivity index (χ2n) is 7.70. The summed E-state index contributed by atoms with van der Waals surface area (Å²) in [5.74, 6) is 2.21. The lowest BCUT2D eigenvalue weighted by molar-refractivity contribution is -0.121. The molecule has 0 bridgehead atoms. The van der Waals surface area contributed by atoms with Crippen molar-refractivity contribution in [3.63, 3.8) is 0 Å². The highest BCUT2D eigenvalue weighted by Gasteiger charge is 2.26. The first-order chi connectivity index (χ1) is 12.5. The number of hydrogen-bond acceptors (Lipinski definition) is 4. The lowest BCUT2D eigenvalue weighted by atomic mass is 9.93. The molecule has 0 aliphatic carbocycles. The molecule has 2 rings (SSSR count). The van der Waals surface area contributed by atoms with Crippen LogP contribution in [0.4, 0.5) is 0 Å². The standard InChI is InChI=1S/C19H37N5O2.HI/c1-15(2)17(23-9-11-26-12-10-23)14-22-19(21-4)24-7-5-16(6-8-24)13-18(25)20-3;/h15-17H,5-14H2,1-4H3,(H,20,25)(H,21,22);1H. The topological polar surface area (TPSA) is 69.2 Å². The Morgan fingerprint density at radius 2 is 1.81 bits per heavy atom.